The van der Waals surface area contributed by atoms with Gasteiger partial charge in [-0.3, -0.25) is 4.79 Å². The molecule has 0 saturated heterocycles. The number of nitrogens with zero attached hydrogens (tertiary/aromatic N) is 1. The number of carbonyl (C=O) groups is 1. The van der Waals surface area contributed by atoms with Crippen molar-refractivity contribution in [1.82, 2.24) is 4.98 Å². The van der Waals surface area contributed by atoms with Crippen molar-refractivity contribution in [2.24, 2.45) is 0 Å². The van der Waals surface area contributed by atoms with E-state index in [1.807, 2.05) is 25.1 Å². The third-order valence-corrected chi connectivity index (χ3v) is 3.90. The average molecular weight is 311 g/mol. The summed E-state index contributed by atoms with van der Waals surface area (Å²) in [7, 11) is 0. The Morgan fingerprint density at radius 1 is 1.47 bits per heavy atom. The number of benzene rings is 1. The average Bonchev–Trinajstić information content (AvgIpc) is 2.72. The number of hydrogen-bond donors (Lipinski definition) is 1. The molecule has 0 aliphatic rings. The molecular formula is C12H11BrN2OS. The van der Waals surface area contributed by atoms with Gasteiger partial charge in [-0.2, -0.15) is 0 Å². The van der Waals surface area contributed by atoms with Gasteiger partial charge in [0.15, 0.2) is 10.9 Å². The maximum Gasteiger partial charge on any atom is 0.187 e. The molecule has 0 aliphatic carbocycles. The van der Waals surface area contributed by atoms with Gasteiger partial charge in [-0.25, -0.2) is 4.98 Å². The molecule has 0 saturated carbocycles. The van der Waals surface area contributed by atoms with Crippen LogP contribution in [0.4, 0.5) is 10.8 Å². The van der Waals surface area contributed by atoms with Crippen LogP contribution < -0.4 is 5.32 Å². The summed E-state index contributed by atoms with van der Waals surface area (Å²) in [6.45, 7) is 3.55. The van der Waals surface area contributed by atoms with Crippen molar-refractivity contribution in [3.05, 3.63) is 39.3 Å². The molecule has 2 aromatic rings. The van der Waals surface area contributed by atoms with Crippen molar-refractivity contribution in [2.75, 3.05) is 5.32 Å². The summed E-state index contributed by atoms with van der Waals surface area (Å²) in [4.78, 5) is 15.3. The molecule has 0 atom stereocenters. The molecule has 1 aromatic heterocycles. The molecular weight excluding hydrogens is 300 g/mol. The molecule has 1 aromatic carbocycles. The molecule has 1 heterocycles. The number of ketones is 1. The van der Waals surface area contributed by atoms with Crippen molar-refractivity contribution >= 4 is 43.9 Å². The van der Waals surface area contributed by atoms with Gasteiger partial charge in [0.05, 0.1) is 0 Å². The normalized spacial score (nSPS) is 10.3. The Morgan fingerprint density at radius 3 is 2.82 bits per heavy atom. The SMILES string of the molecule is CC(=O)c1csc(Nc2ccc(C)c(Br)c2)n1. The van der Waals surface area contributed by atoms with Crippen LogP contribution in [0, 0.1) is 6.92 Å². The molecule has 1 N–H and O–H groups in total. The molecule has 0 aliphatic heterocycles. The lowest BCUT2D eigenvalue weighted by molar-refractivity contribution is 0.101. The van der Waals surface area contributed by atoms with Crippen molar-refractivity contribution in [2.45, 2.75) is 13.8 Å². The van der Waals surface area contributed by atoms with E-state index in [1.165, 1.54) is 23.8 Å². The Kier molecular flexibility index (Phi) is 3.59. The first-order valence-corrected chi connectivity index (χ1v) is 6.73. The number of rotatable bonds is 3. The molecule has 0 amide bonds. The molecule has 0 fully saturated rings. The predicted molar refractivity (Wildman–Crippen MR) is 74.3 cm³/mol. The van der Waals surface area contributed by atoms with Gasteiger partial charge in [0.2, 0.25) is 0 Å². The van der Waals surface area contributed by atoms with Gasteiger partial charge in [0.25, 0.3) is 0 Å². The van der Waals surface area contributed by atoms with Gasteiger partial charge >= 0.3 is 0 Å². The van der Waals surface area contributed by atoms with Crippen LogP contribution >= 0.6 is 27.3 Å². The third kappa shape index (κ3) is 2.92. The van der Waals surface area contributed by atoms with Crippen LogP contribution in [0.3, 0.4) is 0 Å². The van der Waals surface area contributed by atoms with E-state index in [9.17, 15) is 4.79 Å². The van der Waals surface area contributed by atoms with Gasteiger partial charge in [-0.1, -0.05) is 22.0 Å². The van der Waals surface area contributed by atoms with E-state index < -0.39 is 0 Å². The first-order chi connectivity index (χ1) is 8.06. The Balaban J connectivity index is 2.19. The fourth-order valence-electron chi connectivity index (χ4n) is 1.29. The molecule has 0 bridgehead atoms. The maximum atomic E-state index is 11.1. The zero-order valence-electron chi connectivity index (χ0n) is 9.45. The van der Waals surface area contributed by atoms with Crippen LogP contribution in [0.5, 0.6) is 0 Å². The lowest BCUT2D eigenvalue weighted by Crippen LogP contribution is -1.94. The Hall–Kier alpha value is -1.20. The molecule has 2 rings (SSSR count). The highest BCUT2D eigenvalue weighted by Crippen LogP contribution is 2.25. The number of nitrogens with one attached hydrogen (secondary N) is 1. The lowest BCUT2D eigenvalue weighted by Gasteiger charge is -2.04. The Labute approximate surface area is 112 Å². The predicted octanol–water partition coefficient (Wildman–Crippen LogP) is 4.16. The zero-order valence-corrected chi connectivity index (χ0v) is 11.9. The Morgan fingerprint density at radius 2 is 2.24 bits per heavy atom. The standard InChI is InChI=1S/C12H11BrN2OS/c1-7-3-4-9(5-10(7)13)14-12-15-11(6-17-12)8(2)16/h3-6H,1-2H3,(H,14,15). The number of Topliss-reactive ketones (excluding diaryl/α,β-unsaturated/α-hetero) is 1. The number of anilines is 2. The highest BCUT2D eigenvalue weighted by Gasteiger charge is 2.06. The van der Waals surface area contributed by atoms with Crippen LogP contribution in [0.2, 0.25) is 0 Å². The fraction of sp³-hybridized carbons (Fsp3) is 0.167. The molecule has 0 radical (unpaired) electrons. The quantitative estimate of drug-likeness (QED) is 0.865. The zero-order chi connectivity index (χ0) is 12.4. The van der Waals surface area contributed by atoms with E-state index in [2.05, 4.69) is 26.2 Å². The van der Waals surface area contributed by atoms with Crippen LogP contribution in [-0.2, 0) is 0 Å². The minimum Gasteiger partial charge on any atom is -0.331 e. The number of aryl methyl sites for hydroxylation is 1. The summed E-state index contributed by atoms with van der Waals surface area (Å²) < 4.78 is 1.05. The van der Waals surface area contributed by atoms with Crippen molar-refractivity contribution in [3.8, 4) is 0 Å². The van der Waals surface area contributed by atoms with E-state index in [1.54, 1.807) is 5.38 Å². The van der Waals surface area contributed by atoms with E-state index in [4.69, 9.17) is 0 Å². The highest BCUT2D eigenvalue weighted by molar-refractivity contribution is 9.10. The second-order valence-corrected chi connectivity index (χ2v) is 5.40. The van der Waals surface area contributed by atoms with Crippen LogP contribution in [-0.4, -0.2) is 10.8 Å². The summed E-state index contributed by atoms with van der Waals surface area (Å²) in [5.74, 6) is -0.0145. The summed E-state index contributed by atoms with van der Waals surface area (Å²) in [6.07, 6.45) is 0. The highest BCUT2D eigenvalue weighted by atomic mass is 79.9. The number of hydrogen-bond acceptors (Lipinski definition) is 4. The monoisotopic (exact) mass is 310 g/mol. The summed E-state index contributed by atoms with van der Waals surface area (Å²) in [5, 5.41) is 5.66. The minimum atomic E-state index is -0.0145. The van der Waals surface area contributed by atoms with Gasteiger partial charge in [-0.05, 0) is 24.6 Å². The molecule has 88 valence electrons. The third-order valence-electron chi connectivity index (χ3n) is 2.29. The minimum absolute atomic E-state index is 0.0145. The van der Waals surface area contributed by atoms with E-state index in [0.717, 1.165) is 15.3 Å². The molecule has 17 heavy (non-hydrogen) atoms. The molecule has 3 nitrogen and oxygen atoms in total. The Bertz CT molecular complexity index is 565. The number of aromatic nitrogens is 1. The van der Waals surface area contributed by atoms with Crippen molar-refractivity contribution < 1.29 is 4.79 Å². The number of carbonyl (C=O) groups excluding carboxylic acids is 1. The van der Waals surface area contributed by atoms with Gasteiger partial charge in [-0.15, -0.1) is 11.3 Å². The largest absolute Gasteiger partial charge is 0.331 e. The second-order valence-electron chi connectivity index (χ2n) is 3.68. The summed E-state index contributed by atoms with van der Waals surface area (Å²) >= 11 is 4.90. The fourth-order valence-corrected chi connectivity index (χ4v) is 2.44. The number of halogens is 1. The van der Waals surface area contributed by atoms with Crippen molar-refractivity contribution in [3.63, 3.8) is 0 Å². The molecule has 0 spiro atoms. The van der Waals surface area contributed by atoms with Crippen LogP contribution in [0.15, 0.2) is 28.1 Å². The lowest BCUT2D eigenvalue weighted by atomic mass is 10.2. The first kappa shape index (κ1) is 12.3. The van der Waals surface area contributed by atoms with Gasteiger partial charge < -0.3 is 5.32 Å². The van der Waals surface area contributed by atoms with E-state index in [0.29, 0.717) is 5.69 Å². The van der Waals surface area contributed by atoms with Crippen LogP contribution in [0.25, 0.3) is 0 Å². The topological polar surface area (TPSA) is 42.0 Å². The molecule has 0 unspecified atom stereocenters. The smallest absolute Gasteiger partial charge is 0.187 e. The van der Waals surface area contributed by atoms with E-state index >= 15 is 0 Å². The van der Waals surface area contributed by atoms with E-state index in [-0.39, 0.29) is 5.78 Å². The van der Waals surface area contributed by atoms with Gasteiger partial charge in [0, 0.05) is 22.5 Å². The maximum absolute atomic E-state index is 11.1. The summed E-state index contributed by atoms with van der Waals surface area (Å²) in [5.41, 5.74) is 2.63. The molecule has 5 heteroatoms. The summed E-state index contributed by atoms with van der Waals surface area (Å²) in [6, 6.07) is 5.99. The second kappa shape index (κ2) is 4.98. The first-order valence-electron chi connectivity index (χ1n) is 5.06. The van der Waals surface area contributed by atoms with Gasteiger partial charge in [0.1, 0.15) is 5.69 Å². The van der Waals surface area contributed by atoms with Crippen LogP contribution in [0.1, 0.15) is 23.0 Å². The van der Waals surface area contributed by atoms with Crippen molar-refractivity contribution in [1.29, 1.82) is 0 Å². The number of thiazole rings is 1.